The number of carbonyl (C=O) groups excluding carboxylic acids is 6. The van der Waals surface area contributed by atoms with Gasteiger partial charge in [0.25, 0.3) is 23.6 Å². The summed E-state index contributed by atoms with van der Waals surface area (Å²) in [5, 5.41) is 16.7. The molecule has 0 spiro atoms. The molecule has 0 unspecified atom stereocenters. The van der Waals surface area contributed by atoms with E-state index in [2.05, 4.69) is 55.2 Å². The number of ether oxygens (including phenoxy) is 8. The van der Waals surface area contributed by atoms with Crippen LogP contribution < -0.4 is 54.2 Å². The van der Waals surface area contributed by atoms with Crippen LogP contribution in [0.25, 0.3) is 11.1 Å². The molecule has 0 bridgehead atoms. The van der Waals surface area contributed by atoms with E-state index in [0.717, 1.165) is 23.2 Å². The predicted molar refractivity (Wildman–Crippen MR) is 335 cm³/mol. The molecule has 4 N–H and O–H groups in total. The summed E-state index contributed by atoms with van der Waals surface area (Å²) in [5.41, 5.74) is 4.47. The number of benzene rings is 4. The Labute approximate surface area is 514 Å². The average Bonchev–Trinajstić information content (AvgIpc) is 1.66. The third-order valence-electron chi connectivity index (χ3n) is 15.7. The van der Waals surface area contributed by atoms with Gasteiger partial charge in [0.15, 0.2) is 34.5 Å². The third-order valence-corrected chi connectivity index (χ3v) is 19.2. The van der Waals surface area contributed by atoms with Gasteiger partial charge in [-0.15, -0.1) is 0 Å². The molecule has 0 radical (unpaired) electrons. The maximum Gasteiger partial charge on any atom is 0.405 e. The van der Waals surface area contributed by atoms with Gasteiger partial charge in [-0.05, 0) is 83.6 Å². The van der Waals surface area contributed by atoms with Gasteiger partial charge in [0.1, 0.15) is 37.6 Å². The highest BCUT2D eigenvalue weighted by atomic mass is 28.3. The number of carbonyl (C=O) groups is 7. The van der Waals surface area contributed by atoms with Crippen LogP contribution in [0.5, 0.6) is 34.5 Å². The summed E-state index contributed by atoms with van der Waals surface area (Å²) in [6, 6.07) is 16.7. The molecule has 5 aliphatic rings. The number of nitrogens with zero attached hydrogens (tertiary/aromatic N) is 4. The zero-order valence-corrected chi connectivity index (χ0v) is 53.7. The topological polar surface area (TPSA) is 263 Å². The van der Waals surface area contributed by atoms with Gasteiger partial charge >= 0.3 is 6.09 Å². The first-order valence-electron chi connectivity index (χ1n) is 29.5. The minimum absolute atomic E-state index is 0.0887. The second kappa shape index (κ2) is 26.9. The quantitative estimate of drug-likeness (QED) is 0.0338. The van der Waals surface area contributed by atoms with Crippen LogP contribution in [0.3, 0.4) is 0 Å². The first-order valence-corrected chi connectivity index (χ1v) is 36.9. The Morgan fingerprint density at radius 1 is 0.614 bits per heavy atom. The molecule has 23 nitrogen and oxygen atoms in total. The number of rotatable bonds is 26. The number of amides is 7. The molecular weight excluding hydrogens is 1170 g/mol. The Bertz CT molecular complexity index is 3420. The van der Waals surface area contributed by atoms with Gasteiger partial charge in [0.05, 0.1) is 49.9 Å². The Balaban J connectivity index is 0.903. The predicted octanol–water partition coefficient (Wildman–Crippen LogP) is 8.84. The molecule has 0 aliphatic carbocycles. The van der Waals surface area contributed by atoms with Crippen molar-refractivity contribution in [3.05, 3.63) is 101 Å². The Kier molecular flexibility index (Phi) is 19.6. The van der Waals surface area contributed by atoms with Crippen LogP contribution >= 0.6 is 0 Å². The lowest BCUT2D eigenvalue weighted by molar-refractivity contribution is -0.128. The summed E-state index contributed by atoms with van der Waals surface area (Å²) < 4.78 is 48.0. The van der Waals surface area contributed by atoms with Crippen molar-refractivity contribution in [2.24, 2.45) is 5.92 Å². The van der Waals surface area contributed by atoms with E-state index in [1.807, 2.05) is 18.2 Å². The molecule has 9 rings (SSSR count). The largest absolute Gasteiger partial charge is 0.493 e. The zero-order valence-electron chi connectivity index (χ0n) is 51.7. The molecule has 4 aromatic carbocycles. The number of carboxylic acid groups (broad SMARTS) is 1. The second-order valence-electron chi connectivity index (χ2n) is 25.0. The van der Waals surface area contributed by atoms with Gasteiger partial charge in [0, 0.05) is 78.8 Å². The molecule has 5 heterocycles. The summed E-state index contributed by atoms with van der Waals surface area (Å²) in [6.45, 7) is 19.2. The maximum atomic E-state index is 14.9. The standard InChI is InChI=1S/C63H79N7O16Si2/c1-37(2)56(66-63(77)78)58(72)64-38(3)57(71)65-43-16-13-39(14-17-43)41-25-48-61(75)69(34-81-21-23-87(6,7)8)46-30-54(51(79-4)28-44(46)59(73)67(48)32-41)83-19-12-20-84-55-31-47-45(29-52(55)80-5)60(74)68-33-42(40-15-18-50-53(27-40)86-36-85-50)26-49(68)62(76)70(47)35-82-22-24-88(9,10)11/h13-18,27-33,37-38,48-49,56,66H,12,19-26,34-36H2,1-11H3,(H,64,72)(H,65,71)(H,77,78)/t38-,48-,49-,56-/m0/s1. The fourth-order valence-corrected chi connectivity index (χ4v) is 12.2. The number of fused-ring (bicyclic) bond motifs is 5. The van der Waals surface area contributed by atoms with Crippen LogP contribution in [0.15, 0.2) is 79.1 Å². The summed E-state index contributed by atoms with van der Waals surface area (Å²) in [7, 11) is -0.0869. The summed E-state index contributed by atoms with van der Waals surface area (Å²) in [6.07, 6.45) is 2.80. The lowest BCUT2D eigenvalue weighted by Crippen LogP contribution is -2.53. The molecule has 0 saturated carbocycles. The van der Waals surface area contributed by atoms with Crippen LogP contribution in [0.1, 0.15) is 71.9 Å². The van der Waals surface area contributed by atoms with Crippen LogP contribution in [0, 0.1) is 5.92 Å². The van der Waals surface area contributed by atoms with Gasteiger partial charge in [0.2, 0.25) is 18.6 Å². The monoisotopic (exact) mass is 1250 g/mol. The van der Waals surface area contributed by atoms with Crippen molar-refractivity contribution in [2.45, 2.75) is 116 Å². The van der Waals surface area contributed by atoms with E-state index in [-0.39, 0.29) is 104 Å². The van der Waals surface area contributed by atoms with Gasteiger partial charge in [-0.1, -0.05) is 71.3 Å². The Morgan fingerprint density at radius 3 is 1.58 bits per heavy atom. The molecule has 88 heavy (non-hydrogen) atoms. The summed E-state index contributed by atoms with van der Waals surface area (Å²) >= 11 is 0. The van der Waals surface area contributed by atoms with Crippen molar-refractivity contribution < 1.29 is 76.6 Å². The van der Waals surface area contributed by atoms with Crippen molar-refractivity contribution in [3.63, 3.8) is 0 Å². The van der Waals surface area contributed by atoms with E-state index < -0.39 is 64.1 Å². The molecule has 25 heteroatoms. The number of anilines is 3. The van der Waals surface area contributed by atoms with E-state index >= 15 is 0 Å². The highest BCUT2D eigenvalue weighted by Crippen LogP contribution is 2.45. The van der Waals surface area contributed by atoms with E-state index in [4.69, 9.17) is 37.9 Å². The molecule has 4 aromatic rings. The third kappa shape index (κ3) is 14.6. The van der Waals surface area contributed by atoms with Crippen LogP contribution in [-0.4, -0.2) is 158 Å². The molecule has 0 fully saturated rings. The Hall–Kier alpha value is -8.40. The SMILES string of the molecule is COc1cc2c(cc1OCCCOc1cc3c(cc1OC)C(=O)N1C=C(c4ccc5c(c4)OCO5)C[C@H]1C(=O)N3COCC[Si](C)(C)C)N(COCC[Si](C)(C)C)C(=O)[C@@H]1CC(c3ccc(NC(=O)[C@H](C)NC(=O)[C@@H](NC(=O)O)C(C)C)cc3)=CN1C2=O. The summed E-state index contributed by atoms with van der Waals surface area (Å²) in [5.74, 6) is -0.726. The molecule has 5 aliphatic heterocycles. The van der Waals surface area contributed by atoms with Crippen molar-refractivity contribution >= 4 is 85.9 Å². The molecule has 0 saturated heterocycles. The summed E-state index contributed by atoms with van der Waals surface area (Å²) in [4.78, 5) is 102. The Morgan fingerprint density at radius 2 is 1.10 bits per heavy atom. The highest BCUT2D eigenvalue weighted by Gasteiger charge is 2.45. The van der Waals surface area contributed by atoms with Crippen LogP contribution in [-0.2, 0) is 28.7 Å². The van der Waals surface area contributed by atoms with E-state index in [1.165, 1.54) is 40.7 Å². The second-order valence-corrected chi connectivity index (χ2v) is 36.3. The minimum Gasteiger partial charge on any atom is -0.493 e. The lowest BCUT2D eigenvalue weighted by Gasteiger charge is -2.27. The normalized spacial score (nSPS) is 17.7. The van der Waals surface area contributed by atoms with Crippen LogP contribution in [0.4, 0.5) is 21.9 Å². The minimum atomic E-state index is -1.53. The van der Waals surface area contributed by atoms with Crippen molar-refractivity contribution in [1.82, 2.24) is 20.4 Å². The first kappa shape index (κ1) is 64.1. The number of hydrogen-bond donors (Lipinski definition) is 4. The van der Waals surface area contributed by atoms with E-state index in [0.29, 0.717) is 59.4 Å². The number of methoxy groups -OCH3 is 2. The van der Waals surface area contributed by atoms with Gasteiger partial charge in [-0.3, -0.25) is 38.6 Å². The first-order chi connectivity index (χ1) is 41.8. The fourth-order valence-electron chi connectivity index (χ4n) is 10.6. The zero-order chi connectivity index (χ0) is 63.4. The maximum absolute atomic E-state index is 14.9. The highest BCUT2D eigenvalue weighted by molar-refractivity contribution is 6.76. The number of hydrogen-bond acceptors (Lipinski definition) is 15. The van der Waals surface area contributed by atoms with Gasteiger partial charge in [-0.25, -0.2) is 4.79 Å². The molecular formula is C63H79N7O16Si2. The molecule has 0 aromatic heterocycles. The van der Waals surface area contributed by atoms with Crippen LogP contribution in [0.2, 0.25) is 51.4 Å². The number of nitrogens with one attached hydrogen (secondary N) is 3. The lowest BCUT2D eigenvalue weighted by atomic mass is 10.0. The molecule has 7 amide bonds. The van der Waals surface area contributed by atoms with Crippen molar-refractivity contribution in [3.8, 4) is 34.5 Å². The average molecular weight is 1250 g/mol. The molecule has 470 valence electrons. The van der Waals surface area contributed by atoms with Gasteiger partial charge in [-0.2, -0.15) is 0 Å². The van der Waals surface area contributed by atoms with Crippen molar-refractivity contribution in [1.29, 1.82) is 0 Å². The van der Waals surface area contributed by atoms with Gasteiger partial charge < -0.3 is 68.8 Å². The van der Waals surface area contributed by atoms with E-state index in [9.17, 15) is 38.7 Å². The molecule has 4 atom stereocenters. The van der Waals surface area contributed by atoms with E-state index in [1.54, 1.807) is 74.8 Å². The fraction of sp³-hybridized carbons (Fsp3) is 0.444. The van der Waals surface area contributed by atoms with Crippen molar-refractivity contribution in [2.75, 3.05) is 76.0 Å². The smallest absolute Gasteiger partial charge is 0.405 e.